The van der Waals surface area contributed by atoms with Gasteiger partial charge in [-0.25, -0.2) is 13.4 Å². The van der Waals surface area contributed by atoms with Gasteiger partial charge in [0.1, 0.15) is 6.54 Å². The van der Waals surface area contributed by atoms with E-state index in [0.717, 1.165) is 6.20 Å². The van der Waals surface area contributed by atoms with Gasteiger partial charge >= 0.3 is 6.18 Å². The quantitative estimate of drug-likeness (QED) is 0.827. The molecule has 0 amide bonds. The number of nitrogens with zero attached hydrogens (tertiary/aromatic N) is 3. The summed E-state index contributed by atoms with van der Waals surface area (Å²) in [5.74, 6) is 0. The molecule has 1 aromatic rings. The fourth-order valence-electron chi connectivity index (χ4n) is 1.37. The molecule has 10 heteroatoms. The maximum absolute atomic E-state index is 12.3. The Hall–Kier alpha value is -1.13. The van der Waals surface area contributed by atoms with E-state index >= 15 is 0 Å². The number of hydrogen-bond donors (Lipinski definition) is 1. The molecule has 1 heterocycles. The first-order valence-corrected chi connectivity index (χ1v) is 6.84. The topological polar surface area (TPSA) is 75.4 Å². The molecular weight excluding hydrogens is 287 g/mol. The van der Waals surface area contributed by atoms with E-state index in [4.69, 9.17) is 5.11 Å². The van der Waals surface area contributed by atoms with Gasteiger partial charge in [0.2, 0.25) is 0 Å². The van der Waals surface area contributed by atoms with E-state index in [-0.39, 0.29) is 4.31 Å². The maximum atomic E-state index is 12.3. The lowest BCUT2D eigenvalue weighted by Crippen LogP contribution is -2.40. The molecule has 0 saturated heterocycles. The zero-order chi connectivity index (χ0) is 14.7. The van der Waals surface area contributed by atoms with Gasteiger partial charge in [0.25, 0.3) is 10.0 Å². The van der Waals surface area contributed by atoms with Crippen LogP contribution >= 0.6 is 0 Å². The van der Waals surface area contributed by atoms with Gasteiger partial charge in [-0.15, -0.1) is 0 Å². The molecule has 0 fully saturated rings. The number of aliphatic hydroxyl groups is 1. The van der Waals surface area contributed by atoms with Crippen molar-refractivity contribution in [3.05, 3.63) is 12.5 Å². The van der Waals surface area contributed by atoms with Crippen LogP contribution in [0, 0.1) is 0 Å². The van der Waals surface area contributed by atoms with Crippen LogP contribution in [0.5, 0.6) is 0 Å². The second-order valence-electron chi connectivity index (χ2n) is 3.72. The number of aryl methyl sites for hydroxylation is 1. The second kappa shape index (κ2) is 5.88. The molecule has 0 unspecified atom stereocenters. The van der Waals surface area contributed by atoms with Crippen molar-refractivity contribution in [2.24, 2.45) is 0 Å². The zero-order valence-electron chi connectivity index (χ0n) is 10.1. The molecule has 0 aliphatic rings. The maximum Gasteiger partial charge on any atom is 0.402 e. The molecule has 0 atom stereocenters. The van der Waals surface area contributed by atoms with E-state index in [2.05, 4.69) is 4.98 Å². The summed E-state index contributed by atoms with van der Waals surface area (Å²) in [5.41, 5.74) is 0. The van der Waals surface area contributed by atoms with Crippen molar-refractivity contribution in [2.75, 3.05) is 19.7 Å². The van der Waals surface area contributed by atoms with Crippen molar-refractivity contribution in [3.8, 4) is 0 Å². The van der Waals surface area contributed by atoms with Gasteiger partial charge < -0.3 is 9.67 Å². The fourth-order valence-corrected chi connectivity index (χ4v) is 2.73. The lowest BCUT2D eigenvalue weighted by molar-refractivity contribution is -0.136. The van der Waals surface area contributed by atoms with Gasteiger partial charge in [-0.1, -0.05) is 0 Å². The Labute approximate surface area is 108 Å². The van der Waals surface area contributed by atoms with Crippen molar-refractivity contribution in [1.29, 1.82) is 0 Å². The normalized spacial score (nSPS) is 13.2. The van der Waals surface area contributed by atoms with E-state index in [1.807, 2.05) is 0 Å². The number of imidazole rings is 1. The highest BCUT2D eigenvalue weighted by Crippen LogP contribution is 2.21. The summed E-state index contributed by atoms with van der Waals surface area (Å²) in [6, 6.07) is 0. The molecule has 110 valence electrons. The van der Waals surface area contributed by atoms with Crippen molar-refractivity contribution in [2.45, 2.75) is 24.7 Å². The van der Waals surface area contributed by atoms with Gasteiger partial charge in [0.15, 0.2) is 5.03 Å². The molecule has 0 saturated carbocycles. The number of rotatable bonds is 6. The van der Waals surface area contributed by atoms with Crippen molar-refractivity contribution in [3.63, 3.8) is 0 Å². The number of sulfonamides is 1. The van der Waals surface area contributed by atoms with Crippen LogP contribution < -0.4 is 0 Å². The molecule has 6 nitrogen and oxygen atoms in total. The minimum Gasteiger partial charge on any atom is -0.395 e. The Balaban J connectivity index is 3.05. The second-order valence-corrected chi connectivity index (χ2v) is 5.60. The number of alkyl halides is 3. The molecule has 0 aliphatic heterocycles. The molecule has 0 radical (unpaired) electrons. The smallest absolute Gasteiger partial charge is 0.395 e. The van der Waals surface area contributed by atoms with E-state index in [1.165, 1.54) is 10.9 Å². The Morgan fingerprint density at radius 2 is 2.11 bits per heavy atom. The average molecular weight is 301 g/mol. The summed E-state index contributed by atoms with van der Waals surface area (Å²) in [6.07, 6.45) is -2.32. The van der Waals surface area contributed by atoms with Crippen LogP contribution in [0.15, 0.2) is 17.6 Å². The Bertz CT molecular complexity index is 512. The Morgan fingerprint density at radius 3 is 2.53 bits per heavy atom. The van der Waals surface area contributed by atoms with Gasteiger partial charge in [0, 0.05) is 19.3 Å². The third-order valence-electron chi connectivity index (χ3n) is 2.28. The van der Waals surface area contributed by atoms with Gasteiger partial charge in [-0.3, -0.25) is 0 Å². The van der Waals surface area contributed by atoms with E-state index < -0.39 is 40.9 Å². The van der Waals surface area contributed by atoms with Crippen LogP contribution in [0.4, 0.5) is 13.2 Å². The largest absolute Gasteiger partial charge is 0.402 e. The number of halogens is 3. The van der Waals surface area contributed by atoms with E-state index in [0.29, 0.717) is 6.54 Å². The van der Waals surface area contributed by atoms with Crippen molar-refractivity contribution < 1.29 is 26.7 Å². The van der Waals surface area contributed by atoms with Crippen molar-refractivity contribution in [1.82, 2.24) is 13.9 Å². The lowest BCUT2D eigenvalue weighted by Gasteiger charge is -2.21. The number of aromatic nitrogens is 2. The van der Waals surface area contributed by atoms with Gasteiger partial charge in [0.05, 0.1) is 12.9 Å². The summed E-state index contributed by atoms with van der Waals surface area (Å²) in [5, 5.41) is 8.23. The summed E-state index contributed by atoms with van der Waals surface area (Å²) >= 11 is 0. The van der Waals surface area contributed by atoms with E-state index in [9.17, 15) is 21.6 Å². The highest BCUT2D eigenvalue weighted by Gasteiger charge is 2.37. The predicted molar refractivity (Wildman–Crippen MR) is 59.8 cm³/mol. The molecular formula is C9H14F3N3O3S. The molecule has 1 aromatic heterocycles. The Morgan fingerprint density at radius 1 is 1.47 bits per heavy atom. The highest BCUT2D eigenvalue weighted by atomic mass is 32.2. The monoisotopic (exact) mass is 301 g/mol. The first-order chi connectivity index (χ1) is 8.70. The summed E-state index contributed by atoms with van der Waals surface area (Å²) < 4.78 is 62.5. The SMILES string of the molecule is CCn1cnc(S(=O)(=O)N(CCO)CC(F)(F)F)c1. The van der Waals surface area contributed by atoms with Crippen LogP contribution in [-0.2, 0) is 16.6 Å². The minimum atomic E-state index is -4.68. The first kappa shape index (κ1) is 15.9. The Kier molecular flexibility index (Phi) is 4.93. The third-order valence-corrected chi connectivity index (χ3v) is 4.01. The predicted octanol–water partition coefficient (Wildman–Crippen LogP) is 0.448. The van der Waals surface area contributed by atoms with E-state index in [1.54, 1.807) is 6.92 Å². The summed E-state index contributed by atoms with van der Waals surface area (Å²) in [6.45, 7) is -0.819. The first-order valence-electron chi connectivity index (χ1n) is 5.40. The molecule has 0 bridgehead atoms. The lowest BCUT2D eigenvalue weighted by atomic mass is 10.6. The van der Waals surface area contributed by atoms with Crippen LogP contribution in [0.25, 0.3) is 0 Å². The fraction of sp³-hybridized carbons (Fsp3) is 0.667. The summed E-state index contributed by atoms with van der Waals surface area (Å²) in [7, 11) is -4.36. The molecule has 0 aromatic carbocycles. The van der Waals surface area contributed by atoms with Crippen LogP contribution in [-0.4, -0.2) is 53.3 Å². The zero-order valence-corrected chi connectivity index (χ0v) is 10.9. The van der Waals surface area contributed by atoms with Gasteiger partial charge in [-0.2, -0.15) is 17.5 Å². The highest BCUT2D eigenvalue weighted by molar-refractivity contribution is 7.89. The third kappa shape index (κ3) is 4.18. The average Bonchev–Trinajstić information content (AvgIpc) is 2.75. The van der Waals surface area contributed by atoms with Crippen LogP contribution in [0.2, 0.25) is 0 Å². The molecule has 1 rings (SSSR count). The molecule has 1 N–H and O–H groups in total. The number of hydrogen-bond acceptors (Lipinski definition) is 4. The number of aliphatic hydroxyl groups excluding tert-OH is 1. The molecule has 0 spiro atoms. The van der Waals surface area contributed by atoms with Gasteiger partial charge in [-0.05, 0) is 6.92 Å². The van der Waals surface area contributed by atoms with Crippen LogP contribution in [0.1, 0.15) is 6.92 Å². The summed E-state index contributed by atoms with van der Waals surface area (Å²) in [4.78, 5) is 3.58. The van der Waals surface area contributed by atoms with Crippen molar-refractivity contribution >= 4 is 10.0 Å². The molecule has 0 aliphatic carbocycles. The minimum absolute atomic E-state index is 0.162. The van der Waals surface area contributed by atoms with Crippen LogP contribution in [0.3, 0.4) is 0 Å². The standard InChI is InChI=1S/C9H14F3N3O3S/c1-2-14-5-8(13-7-14)19(17,18)15(3-4-16)6-9(10,11)12/h5,7,16H,2-4,6H2,1H3. The molecule has 19 heavy (non-hydrogen) atoms.